The zero-order valence-corrected chi connectivity index (χ0v) is 16.3. The van der Waals surface area contributed by atoms with E-state index in [-0.39, 0.29) is 24.0 Å². The molecule has 0 aromatic heterocycles. The van der Waals surface area contributed by atoms with Gasteiger partial charge in [-0.1, -0.05) is 56.3 Å². The average molecular weight is 383 g/mol. The fourth-order valence-electron chi connectivity index (χ4n) is 2.68. The van der Waals surface area contributed by atoms with E-state index in [4.69, 9.17) is 9.47 Å². The standard InChI is InChI=1S/C22H25NO5/c1-15(2)21(23-20(25)13-16-9-5-4-6-10-16)22(26)28-14-18(24)17-11-7-8-12-19(17)27-3/h4-12,15,21H,13-14H2,1-3H3,(H,23,25)/t21-/m1/s1. The molecule has 0 heterocycles. The fourth-order valence-corrected chi connectivity index (χ4v) is 2.68. The Labute approximate surface area is 164 Å². The molecule has 28 heavy (non-hydrogen) atoms. The molecule has 2 rings (SSSR count). The van der Waals surface area contributed by atoms with Crippen LogP contribution in [0, 0.1) is 5.92 Å². The number of nitrogens with one attached hydrogen (secondary N) is 1. The molecule has 148 valence electrons. The van der Waals surface area contributed by atoms with Crippen LogP contribution in [-0.2, 0) is 20.7 Å². The van der Waals surface area contributed by atoms with Crippen molar-refractivity contribution < 1.29 is 23.9 Å². The van der Waals surface area contributed by atoms with E-state index < -0.39 is 18.6 Å². The number of ketones is 1. The molecule has 6 heteroatoms. The molecular weight excluding hydrogens is 358 g/mol. The topological polar surface area (TPSA) is 81.7 Å². The number of rotatable bonds is 9. The first-order valence-corrected chi connectivity index (χ1v) is 9.08. The van der Waals surface area contributed by atoms with Crippen LogP contribution in [0.5, 0.6) is 5.75 Å². The lowest BCUT2D eigenvalue weighted by molar-refractivity contribution is -0.148. The van der Waals surface area contributed by atoms with Crippen LogP contribution >= 0.6 is 0 Å². The molecule has 0 aliphatic rings. The summed E-state index contributed by atoms with van der Waals surface area (Å²) in [6.07, 6.45) is 0.164. The highest BCUT2D eigenvalue weighted by molar-refractivity contribution is 6.00. The van der Waals surface area contributed by atoms with Gasteiger partial charge < -0.3 is 14.8 Å². The maximum absolute atomic E-state index is 12.4. The zero-order valence-electron chi connectivity index (χ0n) is 16.3. The van der Waals surface area contributed by atoms with Crippen molar-refractivity contribution in [3.63, 3.8) is 0 Å². The van der Waals surface area contributed by atoms with Gasteiger partial charge in [-0.3, -0.25) is 9.59 Å². The number of methoxy groups -OCH3 is 1. The van der Waals surface area contributed by atoms with Crippen molar-refractivity contribution in [2.45, 2.75) is 26.3 Å². The van der Waals surface area contributed by atoms with Crippen LogP contribution in [0.25, 0.3) is 0 Å². The number of esters is 1. The lowest BCUT2D eigenvalue weighted by Gasteiger charge is -2.21. The van der Waals surface area contributed by atoms with E-state index in [0.29, 0.717) is 11.3 Å². The minimum atomic E-state index is -0.832. The molecule has 0 bridgehead atoms. The minimum absolute atomic E-state index is 0.164. The van der Waals surface area contributed by atoms with Crippen molar-refractivity contribution >= 4 is 17.7 Å². The quantitative estimate of drug-likeness (QED) is 0.532. The first kappa shape index (κ1) is 21.2. The summed E-state index contributed by atoms with van der Waals surface area (Å²) in [7, 11) is 1.47. The van der Waals surface area contributed by atoms with Gasteiger partial charge in [0.15, 0.2) is 6.61 Å². The monoisotopic (exact) mass is 383 g/mol. The number of amides is 1. The van der Waals surface area contributed by atoms with Gasteiger partial charge in [0, 0.05) is 0 Å². The molecule has 6 nitrogen and oxygen atoms in total. The number of ether oxygens (including phenoxy) is 2. The maximum Gasteiger partial charge on any atom is 0.329 e. The summed E-state index contributed by atoms with van der Waals surface area (Å²) in [5, 5.41) is 2.70. The Bertz CT molecular complexity index is 817. The molecule has 0 radical (unpaired) electrons. The van der Waals surface area contributed by atoms with Gasteiger partial charge in [0.25, 0.3) is 0 Å². The van der Waals surface area contributed by atoms with Crippen molar-refractivity contribution in [2.24, 2.45) is 5.92 Å². The molecule has 1 atom stereocenters. The van der Waals surface area contributed by atoms with Crippen LogP contribution in [0.2, 0.25) is 0 Å². The summed E-state index contributed by atoms with van der Waals surface area (Å²) in [4.78, 5) is 37.1. The number of para-hydroxylation sites is 1. The van der Waals surface area contributed by atoms with E-state index >= 15 is 0 Å². The zero-order chi connectivity index (χ0) is 20.5. The van der Waals surface area contributed by atoms with Crippen molar-refractivity contribution in [1.82, 2.24) is 5.32 Å². The van der Waals surface area contributed by atoms with E-state index in [0.717, 1.165) is 5.56 Å². The maximum atomic E-state index is 12.4. The normalized spacial score (nSPS) is 11.6. The largest absolute Gasteiger partial charge is 0.496 e. The SMILES string of the molecule is COc1ccccc1C(=O)COC(=O)[C@H](NC(=O)Cc1ccccc1)C(C)C. The molecule has 0 spiro atoms. The fraction of sp³-hybridized carbons (Fsp3) is 0.318. The molecule has 0 fully saturated rings. The Morgan fingerprint density at radius 1 is 0.964 bits per heavy atom. The van der Waals surface area contributed by atoms with Crippen molar-refractivity contribution in [1.29, 1.82) is 0 Å². The Morgan fingerprint density at radius 3 is 2.25 bits per heavy atom. The highest BCUT2D eigenvalue weighted by Crippen LogP contribution is 2.18. The number of benzene rings is 2. The second-order valence-corrected chi connectivity index (χ2v) is 6.68. The summed E-state index contributed by atoms with van der Waals surface area (Å²) in [6.45, 7) is 3.19. The third-order valence-electron chi connectivity index (χ3n) is 4.20. The van der Waals surface area contributed by atoms with Crippen LogP contribution < -0.4 is 10.1 Å². The lowest BCUT2D eigenvalue weighted by atomic mass is 10.0. The van der Waals surface area contributed by atoms with Gasteiger partial charge >= 0.3 is 5.97 Å². The third kappa shape index (κ3) is 5.94. The predicted octanol–water partition coefficient (Wildman–Crippen LogP) is 2.80. The highest BCUT2D eigenvalue weighted by atomic mass is 16.5. The smallest absolute Gasteiger partial charge is 0.329 e. The molecule has 1 N–H and O–H groups in total. The Morgan fingerprint density at radius 2 is 1.61 bits per heavy atom. The number of hydrogen-bond donors (Lipinski definition) is 1. The van der Waals surface area contributed by atoms with Crippen LogP contribution in [0.4, 0.5) is 0 Å². The van der Waals surface area contributed by atoms with Gasteiger partial charge in [-0.05, 0) is 23.6 Å². The van der Waals surface area contributed by atoms with Crippen molar-refractivity contribution in [2.75, 3.05) is 13.7 Å². The van der Waals surface area contributed by atoms with Crippen molar-refractivity contribution in [3.8, 4) is 5.75 Å². The van der Waals surface area contributed by atoms with Crippen LogP contribution in [0.1, 0.15) is 29.8 Å². The van der Waals surface area contributed by atoms with Gasteiger partial charge in [-0.15, -0.1) is 0 Å². The Hall–Kier alpha value is -3.15. The Balaban J connectivity index is 1.95. The first-order valence-electron chi connectivity index (χ1n) is 9.08. The molecular formula is C22H25NO5. The highest BCUT2D eigenvalue weighted by Gasteiger charge is 2.26. The lowest BCUT2D eigenvalue weighted by Crippen LogP contribution is -2.46. The molecule has 0 aliphatic carbocycles. The summed E-state index contributed by atoms with van der Waals surface area (Å²) in [5.41, 5.74) is 1.19. The second kappa shape index (κ2) is 10.3. The van der Waals surface area contributed by atoms with Gasteiger partial charge in [-0.2, -0.15) is 0 Å². The molecule has 0 aliphatic heterocycles. The molecule has 1 amide bonds. The number of carbonyl (C=O) groups excluding carboxylic acids is 3. The van der Waals surface area contributed by atoms with E-state index in [1.807, 2.05) is 30.3 Å². The number of hydrogen-bond acceptors (Lipinski definition) is 5. The molecule has 2 aromatic rings. The van der Waals surface area contributed by atoms with Crippen LogP contribution in [-0.4, -0.2) is 37.4 Å². The summed E-state index contributed by atoms with van der Waals surface area (Å²) in [5.74, 6) is -1.06. The molecule has 0 saturated heterocycles. The summed E-state index contributed by atoms with van der Waals surface area (Å²) in [6, 6.07) is 15.1. The van der Waals surface area contributed by atoms with Crippen molar-refractivity contribution in [3.05, 3.63) is 65.7 Å². The molecule has 0 unspecified atom stereocenters. The molecule has 2 aromatic carbocycles. The first-order chi connectivity index (χ1) is 13.4. The van der Waals surface area contributed by atoms with Crippen LogP contribution in [0.15, 0.2) is 54.6 Å². The number of carbonyl (C=O) groups is 3. The van der Waals surface area contributed by atoms with Gasteiger partial charge in [0.2, 0.25) is 11.7 Å². The average Bonchev–Trinajstić information content (AvgIpc) is 2.70. The minimum Gasteiger partial charge on any atom is -0.496 e. The van der Waals surface area contributed by atoms with E-state index in [9.17, 15) is 14.4 Å². The van der Waals surface area contributed by atoms with E-state index in [1.54, 1.807) is 38.1 Å². The van der Waals surface area contributed by atoms with Gasteiger partial charge in [-0.25, -0.2) is 4.79 Å². The second-order valence-electron chi connectivity index (χ2n) is 6.68. The third-order valence-corrected chi connectivity index (χ3v) is 4.20. The van der Waals surface area contributed by atoms with E-state index in [1.165, 1.54) is 7.11 Å². The Kier molecular flexibility index (Phi) is 7.75. The summed E-state index contributed by atoms with van der Waals surface area (Å²) >= 11 is 0. The van der Waals surface area contributed by atoms with E-state index in [2.05, 4.69) is 5.32 Å². The van der Waals surface area contributed by atoms with Crippen LogP contribution in [0.3, 0.4) is 0 Å². The van der Waals surface area contributed by atoms with Gasteiger partial charge in [0.1, 0.15) is 11.8 Å². The summed E-state index contributed by atoms with van der Waals surface area (Å²) < 4.78 is 10.3. The number of Topliss-reactive ketones (excluding diaryl/α,β-unsaturated/α-hetero) is 1. The van der Waals surface area contributed by atoms with Gasteiger partial charge in [0.05, 0.1) is 19.1 Å². The predicted molar refractivity (Wildman–Crippen MR) is 105 cm³/mol. The molecule has 0 saturated carbocycles.